The van der Waals surface area contributed by atoms with E-state index in [0.29, 0.717) is 6.54 Å². The van der Waals surface area contributed by atoms with Crippen LogP contribution in [0.25, 0.3) is 0 Å². The van der Waals surface area contributed by atoms with Gasteiger partial charge in [-0.05, 0) is 24.9 Å². The minimum absolute atomic E-state index is 0.193. The van der Waals surface area contributed by atoms with Crippen LogP contribution in [0.5, 0.6) is 0 Å². The van der Waals surface area contributed by atoms with Crippen LogP contribution in [0.3, 0.4) is 0 Å². The molecule has 1 heterocycles. The first-order valence-electron chi connectivity index (χ1n) is 6.56. The van der Waals surface area contributed by atoms with Crippen molar-refractivity contribution in [2.24, 2.45) is 5.73 Å². The second-order valence-corrected chi connectivity index (χ2v) is 5.84. The van der Waals surface area contributed by atoms with Gasteiger partial charge in [0, 0.05) is 17.2 Å². The number of aromatic nitrogens is 1. The van der Waals surface area contributed by atoms with E-state index in [0.717, 1.165) is 12.1 Å². The summed E-state index contributed by atoms with van der Waals surface area (Å²) in [5, 5.41) is 3.45. The third-order valence-electron chi connectivity index (χ3n) is 3.90. The zero-order chi connectivity index (χ0) is 12.4. The molecule has 0 saturated heterocycles. The Hall–Kier alpha value is -1.19. The molecule has 0 unspecified atom stereocenters. The SMILES string of the molecule is NCCc1csc(C2(c3ccccc3)CCC2)n1. The molecular formula is C15H18N2S. The first-order valence-corrected chi connectivity index (χ1v) is 7.43. The Labute approximate surface area is 112 Å². The maximum Gasteiger partial charge on any atom is 0.103 e. The van der Waals surface area contributed by atoms with E-state index in [4.69, 9.17) is 10.7 Å². The van der Waals surface area contributed by atoms with Crippen molar-refractivity contribution < 1.29 is 0 Å². The predicted molar refractivity (Wildman–Crippen MR) is 75.9 cm³/mol. The molecule has 0 aliphatic heterocycles. The summed E-state index contributed by atoms with van der Waals surface area (Å²) in [6.07, 6.45) is 4.65. The maximum atomic E-state index is 5.60. The highest BCUT2D eigenvalue weighted by atomic mass is 32.1. The summed E-state index contributed by atoms with van der Waals surface area (Å²) in [5.41, 5.74) is 8.37. The molecule has 1 aliphatic rings. The summed E-state index contributed by atoms with van der Waals surface area (Å²) in [6, 6.07) is 10.8. The van der Waals surface area contributed by atoms with E-state index < -0.39 is 0 Å². The summed E-state index contributed by atoms with van der Waals surface area (Å²) >= 11 is 1.80. The maximum absolute atomic E-state index is 5.60. The second-order valence-electron chi connectivity index (χ2n) is 4.98. The summed E-state index contributed by atoms with van der Waals surface area (Å²) in [7, 11) is 0. The fourth-order valence-corrected chi connectivity index (χ4v) is 3.84. The molecule has 1 aliphatic carbocycles. The third-order valence-corrected chi connectivity index (χ3v) is 4.99. The van der Waals surface area contributed by atoms with Gasteiger partial charge in [0.05, 0.1) is 5.69 Å². The Balaban J connectivity index is 1.96. The molecule has 0 bridgehead atoms. The van der Waals surface area contributed by atoms with Crippen molar-refractivity contribution in [1.29, 1.82) is 0 Å². The zero-order valence-corrected chi connectivity index (χ0v) is 11.2. The molecule has 1 fully saturated rings. The van der Waals surface area contributed by atoms with Gasteiger partial charge in [-0.2, -0.15) is 0 Å². The van der Waals surface area contributed by atoms with Crippen LogP contribution < -0.4 is 5.73 Å². The van der Waals surface area contributed by atoms with Crippen molar-refractivity contribution in [2.75, 3.05) is 6.54 Å². The molecule has 1 aromatic carbocycles. The molecule has 2 N–H and O–H groups in total. The molecule has 0 radical (unpaired) electrons. The molecule has 1 saturated carbocycles. The summed E-state index contributed by atoms with van der Waals surface area (Å²) in [5.74, 6) is 0. The standard InChI is InChI=1S/C15H18N2S/c16-10-7-13-11-18-14(17-13)15(8-4-9-15)12-5-2-1-3-6-12/h1-3,5-6,11H,4,7-10,16H2. The number of thiazole rings is 1. The Morgan fingerprint density at radius 3 is 2.61 bits per heavy atom. The lowest BCUT2D eigenvalue weighted by Gasteiger charge is -2.40. The van der Waals surface area contributed by atoms with Gasteiger partial charge in [-0.1, -0.05) is 36.8 Å². The minimum atomic E-state index is 0.193. The molecule has 0 atom stereocenters. The zero-order valence-electron chi connectivity index (χ0n) is 10.4. The van der Waals surface area contributed by atoms with E-state index in [-0.39, 0.29) is 5.41 Å². The first-order chi connectivity index (χ1) is 8.85. The Morgan fingerprint density at radius 2 is 2.00 bits per heavy atom. The van der Waals surface area contributed by atoms with Gasteiger partial charge < -0.3 is 5.73 Å². The molecule has 0 spiro atoms. The summed E-state index contributed by atoms with van der Waals surface area (Å²) in [6.45, 7) is 0.682. The van der Waals surface area contributed by atoms with Gasteiger partial charge in [0.25, 0.3) is 0 Å². The number of rotatable bonds is 4. The lowest BCUT2D eigenvalue weighted by atomic mass is 9.65. The average Bonchev–Trinajstić information content (AvgIpc) is 2.79. The van der Waals surface area contributed by atoms with Crippen molar-refractivity contribution >= 4 is 11.3 Å². The van der Waals surface area contributed by atoms with Crippen LogP contribution in [0.2, 0.25) is 0 Å². The van der Waals surface area contributed by atoms with Gasteiger partial charge in [-0.15, -0.1) is 11.3 Å². The Bertz CT molecular complexity index is 514. The number of hydrogen-bond acceptors (Lipinski definition) is 3. The van der Waals surface area contributed by atoms with Gasteiger partial charge in [-0.25, -0.2) is 4.98 Å². The number of hydrogen-bond donors (Lipinski definition) is 1. The molecule has 0 amide bonds. The molecule has 3 rings (SSSR count). The predicted octanol–water partition coefficient (Wildman–Crippen LogP) is 3.11. The van der Waals surface area contributed by atoms with E-state index in [1.807, 2.05) is 0 Å². The lowest BCUT2D eigenvalue weighted by Crippen LogP contribution is -2.35. The van der Waals surface area contributed by atoms with Crippen LogP contribution in [-0.2, 0) is 11.8 Å². The molecule has 2 aromatic rings. The van der Waals surface area contributed by atoms with Gasteiger partial charge in [-0.3, -0.25) is 0 Å². The number of benzene rings is 1. The van der Waals surface area contributed by atoms with Gasteiger partial charge in [0.2, 0.25) is 0 Å². The summed E-state index contributed by atoms with van der Waals surface area (Å²) in [4.78, 5) is 4.81. The molecule has 18 heavy (non-hydrogen) atoms. The lowest BCUT2D eigenvalue weighted by molar-refractivity contribution is 0.300. The molecular weight excluding hydrogens is 240 g/mol. The van der Waals surface area contributed by atoms with Crippen molar-refractivity contribution in [1.82, 2.24) is 4.98 Å². The highest BCUT2D eigenvalue weighted by Gasteiger charge is 2.42. The molecule has 1 aromatic heterocycles. The largest absolute Gasteiger partial charge is 0.330 e. The van der Waals surface area contributed by atoms with Crippen molar-refractivity contribution in [3.05, 3.63) is 52.0 Å². The smallest absolute Gasteiger partial charge is 0.103 e. The summed E-state index contributed by atoms with van der Waals surface area (Å²) < 4.78 is 0. The van der Waals surface area contributed by atoms with E-state index in [9.17, 15) is 0 Å². The molecule has 94 valence electrons. The quantitative estimate of drug-likeness (QED) is 0.915. The fourth-order valence-electron chi connectivity index (χ4n) is 2.70. The van der Waals surface area contributed by atoms with Crippen LogP contribution in [0.15, 0.2) is 35.7 Å². The van der Waals surface area contributed by atoms with Gasteiger partial charge in [0.15, 0.2) is 0 Å². The second kappa shape index (κ2) is 4.82. The van der Waals surface area contributed by atoms with Crippen LogP contribution in [0, 0.1) is 0 Å². The number of nitrogens with zero attached hydrogens (tertiary/aromatic N) is 1. The highest BCUT2D eigenvalue weighted by molar-refractivity contribution is 7.09. The molecule has 2 nitrogen and oxygen atoms in total. The van der Waals surface area contributed by atoms with E-state index in [2.05, 4.69) is 35.7 Å². The average molecular weight is 258 g/mol. The highest BCUT2D eigenvalue weighted by Crippen LogP contribution is 2.49. The van der Waals surface area contributed by atoms with Gasteiger partial charge in [0.1, 0.15) is 5.01 Å². The van der Waals surface area contributed by atoms with E-state index >= 15 is 0 Å². The number of nitrogens with two attached hydrogens (primary N) is 1. The van der Waals surface area contributed by atoms with Crippen molar-refractivity contribution in [3.63, 3.8) is 0 Å². The van der Waals surface area contributed by atoms with E-state index in [1.165, 1.54) is 29.8 Å². The van der Waals surface area contributed by atoms with E-state index in [1.54, 1.807) is 11.3 Å². The van der Waals surface area contributed by atoms with Crippen LogP contribution in [0.1, 0.15) is 35.5 Å². The third kappa shape index (κ3) is 1.88. The van der Waals surface area contributed by atoms with Crippen LogP contribution in [0.4, 0.5) is 0 Å². The van der Waals surface area contributed by atoms with Crippen molar-refractivity contribution in [2.45, 2.75) is 31.1 Å². The Morgan fingerprint density at radius 1 is 1.22 bits per heavy atom. The Kier molecular flexibility index (Phi) is 3.18. The topological polar surface area (TPSA) is 38.9 Å². The van der Waals surface area contributed by atoms with Crippen LogP contribution in [-0.4, -0.2) is 11.5 Å². The van der Waals surface area contributed by atoms with Crippen LogP contribution >= 0.6 is 11.3 Å². The van der Waals surface area contributed by atoms with Crippen molar-refractivity contribution in [3.8, 4) is 0 Å². The normalized spacial score (nSPS) is 17.4. The van der Waals surface area contributed by atoms with Gasteiger partial charge >= 0.3 is 0 Å². The first kappa shape index (κ1) is 11.9. The monoisotopic (exact) mass is 258 g/mol. The molecule has 3 heteroatoms. The minimum Gasteiger partial charge on any atom is -0.330 e. The fraction of sp³-hybridized carbons (Fsp3) is 0.400.